The second kappa shape index (κ2) is 8.18. The largest absolute Gasteiger partial charge is 0.477 e. The second-order valence-corrected chi connectivity index (χ2v) is 8.33. The van der Waals surface area contributed by atoms with Gasteiger partial charge in [-0.2, -0.15) is 4.98 Å². The summed E-state index contributed by atoms with van der Waals surface area (Å²) in [5.41, 5.74) is 2.44. The Morgan fingerprint density at radius 1 is 1.21 bits per heavy atom. The van der Waals surface area contributed by atoms with Crippen LogP contribution in [-0.4, -0.2) is 31.8 Å². The van der Waals surface area contributed by atoms with E-state index in [2.05, 4.69) is 49.5 Å². The van der Waals surface area contributed by atoms with Gasteiger partial charge in [-0.05, 0) is 38.3 Å². The molecule has 1 aliphatic rings. The van der Waals surface area contributed by atoms with Gasteiger partial charge in [0.1, 0.15) is 21.7 Å². The van der Waals surface area contributed by atoms with E-state index in [1.165, 1.54) is 11.3 Å². The van der Waals surface area contributed by atoms with Gasteiger partial charge in [-0.3, -0.25) is 4.98 Å². The van der Waals surface area contributed by atoms with Crippen LogP contribution < -0.4 is 10.1 Å². The van der Waals surface area contributed by atoms with Gasteiger partial charge in [0, 0.05) is 29.8 Å². The molecule has 28 heavy (non-hydrogen) atoms. The van der Waals surface area contributed by atoms with Crippen molar-refractivity contribution in [3.63, 3.8) is 0 Å². The molecule has 0 bridgehead atoms. The Kier molecular flexibility index (Phi) is 5.47. The molecule has 146 valence electrons. The Bertz CT molecular complexity index is 942. The summed E-state index contributed by atoms with van der Waals surface area (Å²) < 4.78 is 5.96. The lowest BCUT2D eigenvalue weighted by Crippen LogP contribution is -2.07. The van der Waals surface area contributed by atoms with Gasteiger partial charge in [-0.1, -0.05) is 24.3 Å². The third kappa shape index (κ3) is 4.62. The third-order valence-electron chi connectivity index (χ3n) is 4.81. The van der Waals surface area contributed by atoms with E-state index < -0.39 is 0 Å². The lowest BCUT2D eigenvalue weighted by atomic mass is 10.1. The van der Waals surface area contributed by atoms with E-state index in [1.54, 1.807) is 11.3 Å². The highest BCUT2D eigenvalue weighted by Gasteiger charge is 2.40. The number of aryl methyl sites for hydroxylation is 3. The fourth-order valence-electron chi connectivity index (χ4n) is 3.13. The maximum absolute atomic E-state index is 5.96. The van der Waals surface area contributed by atoms with E-state index in [-0.39, 0.29) is 0 Å². The van der Waals surface area contributed by atoms with E-state index in [4.69, 9.17) is 4.74 Å². The van der Waals surface area contributed by atoms with E-state index >= 15 is 0 Å². The van der Waals surface area contributed by atoms with Crippen molar-refractivity contribution in [2.75, 3.05) is 11.9 Å². The van der Waals surface area contributed by atoms with Gasteiger partial charge in [0.2, 0.25) is 5.88 Å². The van der Waals surface area contributed by atoms with Crippen LogP contribution in [0.1, 0.15) is 46.4 Å². The maximum atomic E-state index is 5.96. The Morgan fingerprint density at radius 2 is 2.11 bits per heavy atom. The van der Waals surface area contributed by atoms with Gasteiger partial charge < -0.3 is 10.1 Å². The molecule has 7 nitrogen and oxygen atoms in total. The smallest absolute Gasteiger partial charge is 0.218 e. The van der Waals surface area contributed by atoms with E-state index in [9.17, 15) is 0 Å². The van der Waals surface area contributed by atoms with Crippen LogP contribution in [0.3, 0.4) is 0 Å². The number of aromatic nitrogens is 5. The van der Waals surface area contributed by atoms with Gasteiger partial charge in [0.05, 0.1) is 13.2 Å². The molecule has 0 unspecified atom stereocenters. The first-order valence-electron chi connectivity index (χ1n) is 9.57. The van der Waals surface area contributed by atoms with Gasteiger partial charge in [-0.25, -0.2) is 4.98 Å². The predicted molar refractivity (Wildman–Crippen MR) is 109 cm³/mol. The Balaban J connectivity index is 1.31. The summed E-state index contributed by atoms with van der Waals surface area (Å²) in [5.74, 6) is 3.00. The lowest BCUT2D eigenvalue weighted by Gasteiger charge is -2.09. The van der Waals surface area contributed by atoms with Crippen LogP contribution in [0.15, 0.2) is 24.4 Å². The molecule has 0 amide bonds. The van der Waals surface area contributed by atoms with Crippen LogP contribution in [0.2, 0.25) is 0 Å². The zero-order valence-electron chi connectivity index (χ0n) is 16.3. The number of ether oxygens (including phenoxy) is 1. The van der Waals surface area contributed by atoms with Crippen LogP contribution in [0.25, 0.3) is 0 Å². The van der Waals surface area contributed by atoms with Crippen molar-refractivity contribution in [1.29, 1.82) is 0 Å². The summed E-state index contributed by atoms with van der Waals surface area (Å²) in [4.78, 5) is 13.4. The van der Waals surface area contributed by atoms with Gasteiger partial charge in [0.15, 0.2) is 0 Å². The summed E-state index contributed by atoms with van der Waals surface area (Å²) in [5, 5.41) is 13.3. The maximum Gasteiger partial charge on any atom is 0.218 e. The first-order chi connectivity index (χ1) is 13.6. The Labute approximate surface area is 168 Å². The third-order valence-corrected chi connectivity index (χ3v) is 5.65. The molecule has 0 aromatic carbocycles. The molecule has 8 heteroatoms. The van der Waals surface area contributed by atoms with Crippen LogP contribution in [-0.2, 0) is 13.0 Å². The van der Waals surface area contributed by atoms with E-state index in [0.29, 0.717) is 36.7 Å². The molecular formula is C20H24N6OS. The molecule has 3 aromatic heterocycles. The Morgan fingerprint density at radius 3 is 2.82 bits per heavy atom. The summed E-state index contributed by atoms with van der Waals surface area (Å²) in [7, 11) is 0. The average Bonchev–Trinajstić information content (AvgIpc) is 3.36. The van der Waals surface area contributed by atoms with Crippen molar-refractivity contribution < 1.29 is 4.74 Å². The molecule has 0 saturated heterocycles. The molecule has 1 aliphatic carbocycles. The van der Waals surface area contributed by atoms with Gasteiger partial charge >= 0.3 is 0 Å². The highest BCUT2D eigenvalue weighted by molar-refractivity contribution is 7.11. The van der Waals surface area contributed by atoms with Crippen LogP contribution >= 0.6 is 11.3 Å². The molecule has 3 heterocycles. The minimum Gasteiger partial charge on any atom is -0.477 e. The van der Waals surface area contributed by atoms with Crippen molar-refractivity contribution in [2.45, 2.75) is 46.1 Å². The van der Waals surface area contributed by atoms with E-state index in [1.807, 2.05) is 26.1 Å². The number of nitrogens with one attached hydrogen (secondary N) is 1. The number of rotatable bonds is 8. The van der Waals surface area contributed by atoms with Gasteiger partial charge in [0.25, 0.3) is 0 Å². The monoisotopic (exact) mass is 396 g/mol. The van der Waals surface area contributed by atoms with Crippen LogP contribution in [0.4, 0.5) is 5.82 Å². The molecule has 1 fully saturated rings. The predicted octanol–water partition coefficient (Wildman–Crippen LogP) is 3.70. The van der Waals surface area contributed by atoms with Crippen LogP contribution in [0, 0.1) is 19.8 Å². The molecule has 1 saturated carbocycles. The fraction of sp³-hybridized carbons (Fsp3) is 0.450. The normalized spacial score (nSPS) is 18.1. The fourth-order valence-corrected chi connectivity index (χ4v) is 3.78. The standard InChI is InChI=1S/C20H24N6OS/c1-4-14-5-6-17(21-9-14)16-7-15(16)11-27-19-8-18(23-12(2)24-19)22-10-20-26-25-13(3)28-20/h5-6,8-9,15-16H,4,7,10-11H2,1-3H3,(H,22,23,24)/t15-,16+/m1/s1. The molecule has 4 rings (SSSR count). The summed E-state index contributed by atoms with van der Waals surface area (Å²) in [6.07, 6.45) is 4.12. The zero-order chi connectivity index (χ0) is 19.5. The summed E-state index contributed by atoms with van der Waals surface area (Å²) in [6.45, 7) is 7.19. The second-order valence-electron chi connectivity index (χ2n) is 7.07. The SMILES string of the molecule is CCc1ccc([C@H]2C[C@@H]2COc2cc(NCc3nnc(C)s3)nc(C)n2)nc1. The molecule has 0 radical (unpaired) electrons. The van der Waals surface area contributed by atoms with Crippen LogP contribution in [0.5, 0.6) is 5.88 Å². The zero-order valence-corrected chi connectivity index (χ0v) is 17.2. The van der Waals surface area contributed by atoms with Crippen molar-refractivity contribution in [1.82, 2.24) is 25.1 Å². The molecule has 3 aromatic rings. The average molecular weight is 397 g/mol. The molecular weight excluding hydrogens is 372 g/mol. The quantitative estimate of drug-likeness (QED) is 0.621. The lowest BCUT2D eigenvalue weighted by molar-refractivity contribution is 0.284. The number of hydrogen-bond donors (Lipinski definition) is 1. The highest BCUT2D eigenvalue weighted by Crippen LogP contribution is 2.46. The minimum atomic E-state index is 0.493. The van der Waals surface area contributed by atoms with Crippen molar-refractivity contribution in [3.8, 4) is 5.88 Å². The van der Waals surface area contributed by atoms with Crippen molar-refractivity contribution in [2.24, 2.45) is 5.92 Å². The van der Waals surface area contributed by atoms with E-state index in [0.717, 1.165) is 28.7 Å². The highest BCUT2D eigenvalue weighted by atomic mass is 32.1. The molecule has 2 atom stereocenters. The summed E-state index contributed by atoms with van der Waals surface area (Å²) in [6, 6.07) is 6.16. The number of nitrogens with zero attached hydrogens (tertiary/aromatic N) is 5. The minimum absolute atomic E-state index is 0.493. The number of pyridine rings is 1. The summed E-state index contributed by atoms with van der Waals surface area (Å²) >= 11 is 1.57. The number of hydrogen-bond acceptors (Lipinski definition) is 8. The molecule has 1 N–H and O–H groups in total. The molecule has 0 aliphatic heterocycles. The van der Waals surface area contributed by atoms with Crippen molar-refractivity contribution in [3.05, 3.63) is 51.5 Å². The first kappa shape index (κ1) is 18.7. The van der Waals surface area contributed by atoms with Crippen molar-refractivity contribution >= 4 is 17.2 Å². The topological polar surface area (TPSA) is 85.7 Å². The molecule has 0 spiro atoms. The Hall–Kier alpha value is -2.61. The van der Waals surface area contributed by atoms with Gasteiger partial charge in [-0.15, -0.1) is 10.2 Å². The first-order valence-corrected chi connectivity index (χ1v) is 10.4. The number of anilines is 1.